The Bertz CT molecular complexity index is 974. The van der Waals surface area contributed by atoms with Gasteiger partial charge in [0, 0.05) is 16.5 Å². The van der Waals surface area contributed by atoms with E-state index in [1.165, 1.54) is 11.3 Å². The second-order valence-electron chi connectivity index (χ2n) is 5.19. The molecule has 0 bridgehead atoms. The standard InChI is InChI=1S/C17H10Cl2N2O3S/c18-11-3-1-9(5-12(11)19)13-7-25-17(20-13)21-16(22)10-2-4-14-15(6-10)24-8-23-14/h1-7H,8H2,(H,20,21,22). The highest BCUT2D eigenvalue weighted by molar-refractivity contribution is 7.14. The molecule has 3 aromatic rings. The van der Waals surface area contributed by atoms with Crippen molar-refractivity contribution < 1.29 is 14.3 Å². The van der Waals surface area contributed by atoms with Gasteiger partial charge >= 0.3 is 0 Å². The van der Waals surface area contributed by atoms with Gasteiger partial charge in [-0.15, -0.1) is 11.3 Å². The van der Waals surface area contributed by atoms with Crippen LogP contribution in [0.5, 0.6) is 11.5 Å². The predicted molar refractivity (Wildman–Crippen MR) is 98.1 cm³/mol. The van der Waals surface area contributed by atoms with Crippen molar-refractivity contribution in [3.05, 3.63) is 57.4 Å². The van der Waals surface area contributed by atoms with Crippen molar-refractivity contribution in [1.82, 2.24) is 4.98 Å². The third-order valence-corrected chi connectivity index (χ3v) is 5.07. The highest BCUT2D eigenvalue weighted by Gasteiger charge is 2.17. The van der Waals surface area contributed by atoms with E-state index in [0.717, 1.165) is 5.56 Å². The minimum absolute atomic E-state index is 0.167. The highest BCUT2D eigenvalue weighted by Crippen LogP contribution is 2.33. The summed E-state index contributed by atoms with van der Waals surface area (Å²) in [5.74, 6) is 0.921. The quantitative estimate of drug-likeness (QED) is 0.673. The summed E-state index contributed by atoms with van der Waals surface area (Å²) in [5, 5.41) is 6.05. The summed E-state index contributed by atoms with van der Waals surface area (Å²) in [5.41, 5.74) is 2.01. The molecular formula is C17H10Cl2N2O3S. The number of aromatic nitrogens is 1. The first-order valence-corrected chi connectivity index (χ1v) is 8.86. The third-order valence-electron chi connectivity index (χ3n) is 3.57. The van der Waals surface area contributed by atoms with Gasteiger partial charge in [0.15, 0.2) is 16.6 Å². The number of nitrogens with one attached hydrogen (secondary N) is 1. The Morgan fingerprint density at radius 2 is 1.92 bits per heavy atom. The molecule has 1 aliphatic heterocycles. The van der Waals surface area contributed by atoms with E-state index in [1.807, 2.05) is 11.4 Å². The summed E-state index contributed by atoms with van der Waals surface area (Å²) < 4.78 is 10.5. The number of thiazole rings is 1. The highest BCUT2D eigenvalue weighted by atomic mass is 35.5. The van der Waals surface area contributed by atoms with Crippen LogP contribution in [0.2, 0.25) is 10.0 Å². The number of hydrogen-bond donors (Lipinski definition) is 1. The number of ether oxygens (including phenoxy) is 2. The van der Waals surface area contributed by atoms with Gasteiger partial charge in [0.2, 0.25) is 6.79 Å². The molecular weight excluding hydrogens is 383 g/mol. The minimum atomic E-state index is -0.270. The van der Waals surface area contributed by atoms with E-state index < -0.39 is 0 Å². The monoisotopic (exact) mass is 392 g/mol. The normalized spacial score (nSPS) is 12.2. The first-order valence-electron chi connectivity index (χ1n) is 7.22. The second kappa shape index (κ2) is 6.55. The van der Waals surface area contributed by atoms with Gasteiger partial charge in [-0.25, -0.2) is 4.98 Å². The Balaban J connectivity index is 1.52. The predicted octanol–water partition coefficient (Wildman–Crippen LogP) is 5.10. The average molecular weight is 393 g/mol. The zero-order valence-corrected chi connectivity index (χ0v) is 14.9. The molecule has 0 fully saturated rings. The summed E-state index contributed by atoms with van der Waals surface area (Å²) in [7, 11) is 0. The first-order chi connectivity index (χ1) is 12.1. The van der Waals surface area contributed by atoms with Crippen LogP contribution in [0, 0.1) is 0 Å². The maximum absolute atomic E-state index is 12.4. The fourth-order valence-electron chi connectivity index (χ4n) is 2.33. The lowest BCUT2D eigenvalue weighted by molar-refractivity contribution is 0.102. The summed E-state index contributed by atoms with van der Waals surface area (Å²) in [6.07, 6.45) is 0. The van der Waals surface area contributed by atoms with Crippen molar-refractivity contribution in [2.75, 3.05) is 12.1 Å². The number of rotatable bonds is 3. The van der Waals surface area contributed by atoms with Gasteiger partial charge in [-0.3, -0.25) is 10.1 Å². The van der Waals surface area contributed by atoms with E-state index in [0.29, 0.717) is 37.9 Å². The van der Waals surface area contributed by atoms with Crippen LogP contribution in [-0.2, 0) is 0 Å². The lowest BCUT2D eigenvalue weighted by Crippen LogP contribution is -2.11. The van der Waals surface area contributed by atoms with Gasteiger partial charge in [-0.1, -0.05) is 29.3 Å². The molecule has 2 heterocycles. The molecule has 0 saturated carbocycles. The van der Waals surface area contributed by atoms with Gasteiger partial charge < -0.3 is 9.47 Å². The molecule has 25 heavy (non-hydrogen) atoms. The first kappa shape index (κ1) is 16.2. The number of halogens is 2. The molecule has 1 N–H and O–H groups in total. The Morgan fingerprint density at radius 3 is 2.76 bits per heavy atom. The molecule has 0 saturated heterocycles. The SMILES string of the molecule is O=C(Nc1nc(-c2ccc(Cl)c(Cl)c2)cs1)c1ccc2c(c1)OCO2. The lowest BCUT2D eigenvalue weighted by Gasteiger charge is -2.03. The van der Waals surface area contributed by atoms with Gasteiger partial charge in [-0.05, 0) is 30.3 Å². The molecule has 0 radical (unpaired) electrons. The van der Waals surface area contributed by atoms with Crippen LogP contribution in [0.1, 0.15) is 10.4 Å². The number of fused-ring (bicyclic) bond motifs is 1. The zero-order chi connectivity index (χ0) is 17.4. The molecule has 4 rings (SSSR count). The van der Waals surface area contributed by atoms with E-state index in [1.54, 1.807) is 30.3 Å². The van der Waals surface area contributed by atoms with Crippen molar-refractivity contribution in [1.29, 1.82) is 0 Å². The topological polar surface area (TPSA) is 60.5 Å². The van der Waals surface area contributed by atoms with Crippen LogP contribution < -0.4 is 14.8 Å². The number of benzene rings is 2. The van der Waals surface area contributed by atoms with Gasteiger partial charge in [0.25, 0.3) is 5.91 Å². The van der Waals surface area contributed by atoms with E-state index >= 15 is 0 Å². The van der Waals surface area contributed by atoms with E-state index in [4.69, 9.17) is 32.7 Å². The number of amides is 1. The molecule has 1 aliphatic rings. The third kappa shape index (κ3) is 3.28. The maximum atomic E-state index is 12.4. The molecule has 2 aromatic carbocycles. The summed E-state index contributed by atoms with van der Waals surface area (Å²) in [6, 6.07) is 10.3. The summed E-state index contributed by atoms with van der Waals surface area (Å²) in [4.78, 5) is 16.8. The number of anilines is 1. The Kier molecular flexibility index (Phi) is 4.25. The van der Waals surface area contributed by atoms with Gasteiger partial charge in [0.05, 0.1) is 15.7 Å². The fraction of sp³-hybridized carbons (Fsp3) is 0.0588. The van der Waals surface area contributed by atoms with Crippen LogP contribution >= 0.6 is 34.5 Å². The Morgan fingerprint density at radius 1 is 1.08 bits per heavy atom. The molecule has 1 amide bonds. The molecule has 0 unspecified atom stereocenters. The van der Waals surface area contributed by atoms with Crippen LogP contribution in [0.25, 0.3) is 11.3 Å². The molecule has 0 atom stereocenters. The molecule has 1 aromatic heterocycles. The summed E-state index contributed by atoms with van der Waals surface area (Å²) in [6.45, 7) is 0.167. The number of carbonyl (C=O) groups excluding carboxylic acids is 1. The van der Waals surface area contributed by atoms with Crippen LogP contribution in [0.4, 0.5) is 5.13 Å². The van der Waals surface area contributed by atoms with Crippen molar-refractivity contribution in [3.63, 3.8) is 0 Å². The molecule has 0 spiro atoms. The Hall–Kier alpha value is -2.28. The van der Waals surface area contributed by atoms with Gasteiger partial charge in [0.1, 0.15) is 0 Å². The van der Waals surface area contributed by atoms with E-state index in [9.17, 15) is 4.79 Å². The zero-order valence-electron chi connectivity index (χ0n) is 12.6. The average Bonchev–Trinajstić information content (AvgIpc) is 3.25. The number of nitrogens with zero attached hydrogens (tertiary/aromatic N) is 1. The van der Waals surface area contributed by atoms with Gasteiger partial charge in [-0.2, -0.15) is 0 Å². The minimum Gasteiger partial charge on any atom is -0.454 e. The van der Waals surface area contributed by atoms with Crippen molar-refractivity contribution in [2.24, 2.45) is 0 Å². The van der Waals surface area contributed by atoms with Crippen molar-refractivity contribution in [2.45, 2.75) is 0 Å². The van der Waals surface area contributed by atoms with Crippen molar-refractivity contribution in [3.8, 4) is 22.8 Å². The molecule has 5 nitrogen and oxygen atoms in total. The fourth-order valence-corrected chi connectivity index (χ4v) is 3.34. The van der Waals surface area contributed by atoms with Crippen molar-refractivity contribution >= 4 is 45.6 Å². The van der Waals surface area contributed by atoms with E-state index in [2.05, 4.69) is 10.3 Å². The summed E-state index contributed by atoms with van der Waals surface area (Å²) >= 11 is 13.3. The van der Waals surface area contributed by atoms with E-state index in [-0.39, 0.29) is 12.7 Å². The Labute approximate surface area is 157 Å². The number of hydrogen-bond acceptors (Lipinski definition) is 5. The molecule has 8 heteroatoms. The number of carbonyl (C=O) groups is 1. The largest absolute Gasteiger partial charge is 0.454 e. The molecule has 0 aliphatic carbocycles. The molecule has 126 valence electrons. The second-order valence-corrected chi connectivity index (χ2v) is 6.86. The van der Waals surface area contributed by atoms with Crippen LogP contribution in [0.15, 0.2) is 41.8 Å². The lowest BCUT2D eigenvalue weighted by atomic mass is 10.2. The van der Waals surface area contributed by atoms with Crippen LogP contribution in [-0.4, -0.2) is 17.7 Å². The smallest absolute Gasteiger partial charge is 0.257 e. The van der Waals surface area contributed by atoms with Crippen LogP contribution in [0.3, 0.4) is 0 Å². The maximum Gasteiger partial charge on any atom is 0.257 e.